The Balaban J connectivity index is 1.67. The lowest BCUT2D eigenvalue weighted by molar-refractivity contribution is -0.384. The monoisotopic (exact) mass is 524 g/mol. The van der Waals surface area contributed by atoms with Gasteiger partial charge in [-0.3, -0.25) is 10.1 Å². The van der Waals surface area contributed by atoms with Crippen molar-refractivity contribution in [2.45, 2.75) is 24.3 Å². The van der Waals surface area contributed by atoms with E-state index in [-0.39, 0.29) is 12.3 Å². The predicted molar refractivity (Wildman–Crippen MR) is 152 cm³/mol. The molecule has 0 aliphatic carbocycles. The molecule has 0 saturated carbocycles. The minimum atomic E-state index is -0.739. The number of rotatable bonds is 9. The molecule has 1 N–H and O–H groups in total. The minimum absolute atomic E-state index is 0.0228. The molecule has 0 bridgehead atoms. The van der Waals surface area contributed by atoms with Gasteiger partial charge in [-0.1, -0.05) is 97.1 Å². The molecular formula is C31H28N2O4S. The van der Waals surface area contributed by atoms with E-state index in [4.69, 9.17) is 17.4 Å². The van der Waals surface area contributed by atoms with Crippen molar-refractivity contribution in [2.75, 3.05) is 0 Å². The number of carbonyl (C=O) groups excluding carboxylic acids is 1. The average molecular weight is 525 g/mol. The summed E-state index contributed by atoms with van der Waals surface area (Å²) >= 11 is 4.85. The Morgan fingerprint density at radius 1 is 0.868 bits per heavy atom. The van der Waals surface area contributed by atoms with Crippen molar-refractivity contribution < 1.29 is 14.5 Å². The molecule has 1 unspecified atom stereocenters. The second kappa shape index (κ2) is 12.3. The first-order chi connectivity index (χ1) is 18.5. The molecule has 0 heterocycles. The first-order valence-corrected chi connectivity index (χ1v) is 12.7. The van der Waals surface area contributed by atoms with Crippen molar-refractivity contribution in [1.29, 1.82) is 0 Å². The molecule has 7 heteroatoms. The maximum Gasteiger partial charge on any atom is 0.408 e. The third-order valence-corrected chi connectivity index (χ3v) is 6.84. The molecule has 0 aliphatic rings. The molecule has 0 saturated heterocycles. The summed E-state index contributed by atoms with van der Waals surface area (Å²) < 4.78 is 5.43. The smallest absolute Gasteiger partial charge is 0.408 e. The molecule has 0 radical (unpaired) electrons. The first-order valence-electron chi connectivity index (χ1n) is 12.1. The van der Waals surface area contributed by atoms with E-state index in [1.807, 2.05) is 67.6 Å². The number of nitro benzene ring substituents is 1. The highest BCUT2D eigenvalue weighted by molar-refractivity contribution is 7.81. The summed E-state index contributed by atoms with van der Waals surface area (Å²) in [5.74, 6) is 0. The van der Waals surface area contributed by atoms with Crippen molar-refractivity contribution in [3.63, 3.8) is 0 Å². The van der Waals surface area contributed by atoms with E-state index in [9.17, 15) is 14.9 Å². The number of carbonyl (C=O) groups is 1. The predicted octanol–water partition coefficient (Wildman–Crippen LogP) is 7.06. The molecule has 38 heavy (non-hydrogen) atoms. The van der Waals surface area contributed by atoms with Crippen LogP contribution in [0.25, 0.3) is 0 Å². The molecule has 4 aromatic rings. The molecule has 4 aromatic carbocycles. The highest BCUT2D eigenvalue weighted by Crippen LogP contribution is 2.46. The van der Waals surface area contributed by atoms with Gasteiger partial charge in [0.2, 0.25) is 0 Å². The summed E-state index contributed by atoms with van der Waals surface area (Å²) in [7, 11) is 0. The Bertz CT molecular complexity index is 1300. The van der Waals surface area contributed by atoms with Crippen LogP contribution in [0.3, 0.4) is 0 Å². The molecule has 1 amide bonds. The minimum Gasteiger partial charge on any atom is -0.445 e. The number of benzene rings is 4. The van der Waals surface area contributed by atoms with Crippen molar-refractivity contribution in [1.82, 2.24) is 5.32 Å². The van der Waals surface area contributed by atoms with E-state index >= 15 is 0 Å². The Morgan fingerprint density at radius 2 is 1.32 bits per heavy atom. The zero-order chi connectivity index (χ0) is 27.0. The number of alkyl carbamates (subject to hydrolysis) is 1. The van der Waals surface area contributed by atoms with Gasteiger partial charge in [0.05, 0.1) is 15.7 Å². The van der Waals surface area contributed by atoms with Crippen LogP contribution in [0.4, 0.5) is 10.5 Å². The van der Waals surface area contributed by atoms with Gasteiger partial charge in [0.25, 0.3) is 5.69 Å². The van der Waals surface area contributed by atoms with Crippen LogP contribution in [0.1, 0.15) is 29.2 Å². The van der Waals surface area contributed by atoms with Gasteiger partial charge in [0.15, 0.2) is 0 Å². The van der Waals surface area contributed by atoms with Gasteiger partial charge < -0.3 is 10.1 Å². The topological polar surface area (TPSA) is 81.5 Å². The molecule has 192 valence electrons. The third kappa shape index (κ3) is 5.63. The number of non-ortho nitro benzene ring substituents is 1. The molecule has 0 spiro atoms. The number of allylic oxidation sites excluding steroid dienone is 1. The second-order valence-electron chi connectivity index (χ2n) is 8.64. The van der Waals surface area contributed by atoms with E-state index < -0.39 is 21.8 Å². The van der Waals surface area contributed by atoms with Crippen LogP contribution in [-0.4, -0.2) is 16.4 Å². The Kier molecular flexibility index (Phi) is 8.61. The van der Waals surface area contributed by atoms with Gasteiger partial charge in [0, 0.05) is 12.1 Å². The van der Waals surface area contributed by atoms with Gasteiger partial charge in [-0.2, -0.15) is 12.6 Å². The van der Waals surface area contributed by atoms with E-state index in [0.717, 1.165) is 22.3 Å². The van der Waals surface area contributed by atoms with Crippen LogP contribution in [0, 0.1) is 10.1 Å². The highest BCUT2D eigenvalue weighted by atomic mass is 32.1. The van der Waals surface area contributed by atoms with E-state index in [1.165, 1.54) is 12.1 Å². The quantitative estimate of drug-likeness (QED) is 0.0613. The van der Waals surface area contributed by atoms with Crippen molar-refractivity contribution in [3.05, 3.63) is 159 Å². The largest absolute Gasteiger partial charge is 0.445 e. The van der Waals surface area contributed by atoms with Crippen molar-refractivity contribution in [2.24, 2.45) is 0 Å². The second-order valence-corrected chi connectivity index (χ2v) is 9.16. The van der Waals surface area contributed by atoms with E-state index in [1.54, 1.807) is 12.1 Å². The standard InChI is InChI=1S/C31H28N2O4S/c1-2-28(29(38)32-30(34)37-22-23-18-20-27(21-19-23)33(35)36)31(24-12-6-3-7-13-24,25-14-8-4-9-15-25)26-16-10-5-11-17-26/h2-21,29,38H,22H2,1H3,(H,32,34)/b28-2+. The lowest BCUT2D eigenvalue weighted by atomic mass is 9.64. The molecule has 0 aliphatic heterocycles. The maximum atomic E-state index is 12.8. The van der Waals surface area contributed by atoms with E-state index in [0.29, 0.717) is 5.56 Å². The van der Waals surface area contributed by atoms with E-state index in [2.05, 4.69) is 41.7 Å². The molecule has 1 atom stereocenters. The van der Waals surface area contributed by atoms with Crippen LogP contribution < -0.4 is 5.32 Å². The van der Waals surface area contributed by atoms with Crippen LogP contribution in [0.5, 0.6) is 0 Å². The number of thiol groups is 1. The molecule has 4 rings (SSSR count). The summed E-state index contributed by atoms with van der Waals surface area (Å²) in [6, 6.07) is 36.3. The van der Waals surface area contributed by atoms with Gasteiger partial charge >= 0.3 is 6.09 Å². The van der Waals surface area contributed by atoms with Gasteiger partial charge in [-0.25, -0.2) is 4.79 Å². The first kappa shape index (κ1) is 26.7. The van der Waals surface area contributed by atoms with Gasteiger partial charge in [-0.05, 0) is 46.9 Å². The van der Waals surface area contributed by atoms with Gasteiger partial charge in [0.1, 0.15) is 6.61 Å². The Labute approximate surface area is 227 Å². The number of nitrogens with zero attached hydrogens (tertiary/aromatic N) is 1. The lowest BCUT2D eigenvalue weighted by Crippen LogP contribution is -2.42. The summed E-state index contributed by atoms with van der Waals surface area (Å²) in [4.78, 5) is 23.2. The molecular weight excluding hydrogens is 496 g/mol. The number of nitro groups is 1. The number of hydrogen-bond donors (Lipinski definition) is 2. The molecule has 6 nitrogen and oxygen atoms in total. The number of nitrogens with one attached hydrogen (secondary N) is 1. The number of ether oxygens (including phenoxy) is 1. The van der Waals surface area contributed by atoms with Crippen LogP contribution in [-0.2, 0) is 16.8 Å². The van der Waals surface area contributed by atoms with Crippen LogP contribution in [0.15, 0.2) is 127 Å². The normalized spacial score (nSPS) is 12.4. The Morgan fingerprint density at radius 3 is 1.71 bits per heavy atom. The summed E-state index contributed by atoms with van der Waals surface area (Å²) in [5, 5.41) is 13.1. The zero-order valence-corrected chi connectivity index (χ0v) is 21.8. The van der Waals surface area contributed by atoms with Crippen molar-refractivity contribution in [3.8, 4) is 0 Å². The van der Waals surface area contributed by atoms with Crippen LogP contribution >= 0.6 is 12.6 Å². The van der Waals surface area contributed by atoms with Crippen molar-refractivity contribution >= 4 is 24.4 Å². The number of hydrogen-bond acceptors (Lipinski definition) is 5. The van der Waals surface area contributed by atoms with Gasteiger partial charge in [-0.15, -0.1) is 0 Å². The molecule has 0 aromatic heterocycles. The summed E-state index contributed by atoms with van der Waals surface area (Å²) in [6.07, 6.45) is 1.34. The average Bonchev–Trinajstić information content (AvgIpc) is 2.96. The Hall–Kier alpha value is -4.36. The fourth-order valence-corrected chi connectivity index (χ4v) is 5.19. The fraction of sp³-hybridized carbons (Fsp3) is 0.129. The zero-order valence-electron chi connectivity index (χ0n) is 20.9. The summed E-state index contributed by atoms with van der Waals surface area (Å²) in [6.45, 7) is 1.91. The fourth-order valence-electron chi connectivity index (χ4n) is 4.74. The lowest BCUT2D eigenvalue weighted by Gasteiger charge is -2.40. The molecule has 0 fully saturated rings. The maximum absolute atomic E-state index is 12.8. The highest BCUT2D eigenvalue weighted by Gasteiger charge is 2.42. The van der Waals surface area contributed by atoms with Crippen LogP contribution in [0.2, 0.25) is 0 Å². The number of amides is 1. The summed E-state index contributed by atoms with van der Waals surface area (Å²) in [5.41, 5.74) is 3.83. The SMILES string of the molecule is C/C=C(\C(S)NC(=O)OCc1ccc([N+](=O)[O-])cc1)C(c1ccccc1)(c1ccccc1)c1ccccc1. The third-order valence-electron chi connectivity index (χ3n) is 6.43.